The Morgan fingerprint density at radius 3 is 1.69 bits per heavy atom. The van der Waals surface area contributed by atoms with Crippen LogP contribution in [0.25, 0.3) is 0 Å². The number of carboxylic acids is 1. The number of carbonyl (C=O) groups excluding carboxylic acids is 3. The highest BCUT2D eigenvalue weighted by Crippen LogP contribution is 2.13. The maximum Gasteiger partial charge on any atom is 0.326 e. The average Bonchev–Trinajstić information content (AvgIpc) is 2.97. The zero-order chi connectivity index (χ0) is 31.1. The van der Waals surface area contributed by atoms with Crippen LogP contribution in [-0.2, 0) is 28.7 Å². The van der Waals surface area contributed by atoms with Crippen LogP contribution in [0.1, 0.15) is 122 Å². The first kappa shape index (κ1) is 39.8. The molecule has 0 saturated heterocycles. The zero-order valence-corrected chi connectivity index (χ0v) is 26.1. The van der Waals surface area contributed by atoms with Crippen molar-refractivity contribution in [1.29, 1.82) is 0 Å². The van der Waals surface area contributed by atoms with Crippen molar-refractivity contribution in [2.75, 3.05) is 46.1 Å². The van der Waals surface area contributed by atoms with Crippen LogP contribution in [-0.4, -0.2) is 86.1 Å². The van der Waals surface area contributed by atoms with Gasteiger partial charge in [-0.05, 0) is 12.8 Å². The van der Waals surface area contributed by atoms with E-state index in [-0.39, 0.29) is 76.7 Å². The van der Waals surface area contributed by atoms with Gasteiger partial charge in [0.15, 0.2) is 0 Å². The monoisotopic (exact) mass is 601 g/mol. The molecule has 0 aliphatic rings. The van der Waals surface area contributed by atoms with E-state index >= 15 is 0 Å². The van der Waals surface area contributed by atoms with Crippen molar-refractivity contribution in [3.8, 4) is 0 Å². The Kier molecular flexibility index (Phi) is 28.6. The van der Waals surface area contributed by atoms with Crippen LogP contribution in [0.3, 0.4) is 0 Å². The quantitative estimate of drug-likeness (QED) is 0.0748. The van der Waals surface area contributed by atoms with Crippen molar-refractivity contribution in [2.45, 2.75) is 129 Å². The molecule has 246 valence electrons. The lowest BCUT2D eigenvalue weighted by molar-refractivity contribution is -0.142. The molecular formula is C31H59N3O8. The number of amides is 3. The van der Waals surface area contributed by atoms with Gasteiger partial charge in [-0.3, -0.25) is 14.4 Å². The number of hydrogen-bond acceptors (Lipinski definition) is 7. The second-order valence-corrected chi connectivity index (χ2v) is 10.8. The van der Waals surface area contributed by atoms with Crippen molar-refractivity contribution in [2.24, 2.45) is 0 Å². The lowest BCUT2D eigenvalue weighted by Gasteiger charge is -2.14. The third-order valence-corrected chi connectivity index (χ3v) is 6.91. The van der Waals surface area contributed by atoms with Crippen molar-refractivity contribution >= 4 is 23.7 Å². The van der Waals surface area contributed by atoms with E-state index in [1.807, 2.05) is 0 Å². The smallest absolute Gasteiger partial charge is 0.326 e. The van der Waals surface area contributed by atoms with E-state index in [0.29, 0.717) is 6.42 Å². The number of carbonyl (C=O) groups is 4. The summed E-state index contributed by atoms with van der Waals surface area (Å²) in [6.45, 7) is 3.11. The van der Waals surface area contributed by atoms with Gasteiger partial charge in [0.05, 0.1) is 26.4 Å². The number of aliphatic carboxylic acids is 1. The molecule has 0 heterocycles. The molecule has 42 heavy (non-hydrogen) atoms. The minimum atomic E-state index is -1.15. The molecule has 0 aliphatic heterocycles. The van der Waals surface area contributed by atoms with E-state index in [1.165, 1.54) is 77.0 Å². The van der Waals surface area contributed by atoms with Gasteiger partial charge in [0.2, 0.25) is 17.7 Å². The zero-order valence-electron chi connectivity index (χ0n) is 26.1. The number of hydrogen-bond donors (Lipinski definition) is 5. The molecule has 0 radical (unpaired) electrons. The fraction of sp³-hybridized carbons (Fsp3) is 0.871. The Bertz CT molecular complexity index is 693. The predicted octanol–water partition coefficient (Wildman–Crippen LogP) is 3.86. The van der Waals surface area contributed by atoms with Crippen LogP contribution in [0.15, 0.2) is 0 Å². The fourth-order valence-electron chi connectivity index (χ4n) is 4.44. The van der Waals surface area contributed by atoms with Crippen LogP contribution in [0.2, 0.25) is 0 Å². The summed E-state index contributed by atoms with van der Waals surface area (Å²) in [7, 11) is 0. The second kappa shape index (κ2) is 30.2. The second-order valence-electron chi connectivity index (χ2n) is 10.8. The summed E-state index contributed by atoms with van der Waals surface area (Å²) >= 11 is 0. The molecule has 0 aliphatic carbocycles. The lowest BCUT2D eigenvalue weighted by atomic mass is 10.0. The van der Waals surface area contributed by atoms with Gasteiger partial charge in [0.25, 0.3) is 0 Å². The molecule has 5 N–H and O–H groups in total. The van der Waals surface area contributed by atoms with Gasteiger partial charge in [0.1, 0.15) is 12.6 Å². The first-order valence-corrected chi connectivity index (χ1v) is 16.2. The largest absolute Gasteiger partial charge is 0.480 e. The molecule has 0 aromatic rings. The summed E-state index contributed by atoms with van der Waals surface area (Å²) in [6.07, 6.45) is 18.9. The fourth-order valence-corrected chi connectivity index (χ4v) is 4.44. The van der Waals surface area contributed by atoms with Crippen LogP contribution in [0, 0.1) is 0 Å². The summed E-state index contributed by atoms with van der Waals surface area (Å²) in [5.41, 5.74) is 0. The molecular weight excluding hydrogens is 542 g/mol. The van der Waals surface area contributed by atoms with E-state index in [2.05, 4.69) is 22.9 Å². The summed E-state index contributed by atoms with van der Waals surface area (Å²) < 4.78 is 10.4. The maximum atomic E-state index is 12.2. The number of unbranched alkanes of at least 4 members (excludes halogenated alkanes) is 14. The van der Waals surface area contributed by atoms with Crippen LogP contribution in [0.5, 0.6) is 0 Å². The van der Waals surface area contributed by atoms with Gasteiger partial charge in [-0.1, -0.05) is 96.8 Å². The van der Waals surface area contributed by atoms with Crippen LogP contribution < -0.4 is 16.0 Å². The highest BCUT2D eigenvalue weighted by Gasteiger charge is 2.20. The Balaban J connectivity index is 3.69. The van der Waals surface area contributed by atoms with E-state index in [1.54, 1.807) is 0 Å². The molecule has 3 amide bonds. The van der Waals surface area contributed by atoms with E-state index in [4.69, 9.17) is 14.6 Å². The molecule has 11 heteroatoms. The first-order valence-electron chi connectivity index (χ1n) is 16.2. The molecule has 11 nitrogen and oxygen atoms in total. The topological polar surface area (TPSA) is 163 Å². The summed E-state index contributed by atoms with van der Waals surface area (Å²) in [4.78, 5) is 47.0. The summed E-state index contributed by atoms with van der Waals surface area (Å²) in [5.74, 6) is -2.09. The Morgan fingerprint density at radius 1 is 0.619 bits per heavy atom. The molecule has 0 rings (SSSR count). The predicted molar refractivity (Wildman–Crippen MR) is 163 cm³/mol. The standard InChI is InChI=1S/C31H59N3O8/c1-2-3-4-5-6-7-8-9-10-11-12-13-14-15-16-17-29(37)34-27(31(39)40)18-19-28(36)33-21-23-41-24-25-42-26-30(38)32-20-22-35/h27,35H,2-26H2,1H3,(H,32,38)(H,33,36)(H,34,37)(H,39,40)/t27-/m0/s1. The van der Waals surface area contributed by atoms with Crippen molar-refractivity contribution in [3.63, 3.8) is 0 Å². The molecule has 0 spiro atoms. The van der Waals surface area contributed by atoms with Crippen LogP contribution in [0.4, 0.5) is 0 Å². The highest BCUT2D eigenvalue weighted by atomic mass is 16.5. The van der Waals surface area contributed by atoms with Crippen molar-refractivity contribution < 1.29 is 38.9 Å². The third kappa shape index (κ3) is 27.9. The number of rotatable bonds is 31. The van der Waals surface area contributed by atoms with Gasteiger partial charge in [-0.25, -0.2) is 4.79 Å². The molecule has 1 atom stereocenters. The SMILES string of the molecule is CCCCCCCCCCCCCCCCCC(=O)N[C@@H](CCC(=O)NCCOCCOCC(=O)NCCO)C(=O)O. The van der Waals surface area contributed by atoms with Crippen molar-refractivity contribution in [3.05, 3.63) is 0 Å². The number of aliphatic hydroxyl groups excluding tert-OH is 1. The van der Waals surface area contributed by atoms with E-state index < -0.39 is 12.0 Å². The van der Waals surface area contributed by atoms with Gasteiger partial charge in [-0.2, -0.15) is 0 Å². The third-order valence-electron chi connectivity index (χ3n) is 6.91. The van der Waals surface area contributed by atoms with Gasteiger partial charge < -0.3 is 35.6 Å². The van der Waals surface area contributed by atoms with Gasteiger partial charge >= 0.3 is 5.97 Å². The lowest BCUT2D eigenvalue weighted by Crippen LogP contribution is -2.41. The summed E-state index contributed by atoms with van der Waals surface area (Å²) in [5, 5.41) is 25.7. The minimum absolute atomic E-state index is 0.0127. The van der Waals surface area contributed by atoms with Gasteiger partial charge in [0, 0.05) is 25.9 Å². The molecule has 0 aromatic heterocycles. The molecule has 0 bridgehead atoms. The first-order chi connectivity index (χ1) is 20.4. The van der Waals surface area contributed by atoms with Gasteiger partial charge in [-0.15, -0.1) is 0 Å². The average molecular weight is 602 g/mol. The number of ether oxygens (including phenoxy) is 2. The van der Waals surface area contributed by atoms with Crippen LogP contribution >= 0.6 is 0 Å². The molecule has 0 saturated carbocycles. The number of carboxylic acid groups (broad SMARTS) is 1. The maximum absolute atomic E-state index is 12.2. The Morgan fingerprint density at radius 2 is 1.14 bits per heavy atom. The Hall–Kier alpha value is -2.24. The summed E-state index contributed by atoms with van der Waals surface area (Å²) in [6, 6.07) is -1.09. The molecule has 0 aromatic carbocycles. The highest BCUT2D eigenvalue weighted by molar-refractivity contribution is 5.84. The number of aliphatic hydroxyl groups is 1. The Labute approximate surface area is 253 Å². The van der Waals surface area contributed by atoms with E-state index in [0.717, 1.165) is 19.3 Å². The minimum Gasteiger partial charge on any atom is -0.480 e. The van der Waals surface area contributed by atoms with Crippen molar-refractivity contribution in [1.82, 2.24) is 16.0 Å². The number of nitrogens with one attached hydrogen (secondary N) is 3. The normalized spacial score (nSPS) is 11.7. The molecule has 0 unspecified atom stereocenters. The molecule has 0 fully saturated rings. The van der Waals surface area contributed by atoms with E-state index in [9.17, 15) is 24.3 Å².